The first-order chi connectivity index (χ1) is 11.8. The number of amides is 2. The van der Waals surface area contributed by atoms with E-state index in [1.807, 2.05) is 0 Å². The van der Waals surface area contributed by atoms with Crippen molar-refractivity contribution in [2.45, 2.75) is 4.90 Å². The standard InChI is InChI=1S/C17H18N2O5S/c1-24-11-16(20)18-13-6-8-14(9-7-13)19-17(21)12-4-3-5-15(10-12)25(2,22)23/h3-10H,11H2,1-2H3,(H,18,20)(H,19,21). The lowest BCUT2D eigenvalue weighted by molar-refractivity contribution is -0.119. The molecule has 0 unspecified atom stereocenters. The van der Waals surface area contributed by atoms with Crippen molar-refractivity contribution in [1.82, 2.24) is 0 Å². The first kappa shape index (κ1) is 18.6. The Balaban J connectivity index is 2.07. The largest absolute Gasteiger partial charge is 0.375 e. The molecule has 7 nitrogen and oxygen atoms in total. The molecule has 2 aromatic carbocycles. The van der Waals surface area contributed by atoms with Crippen LogP contribution < -0.4 is 10.6 Å². The lowest BCUT2D eigenvalue weighted by Gasteiger charge is -2.08. The molecule has 0 saturated heterocycles. The van der Waals surface area contributed by atoms with E-state index in [-0.39, 0.29) is 23.0 Å². The highest BCUT2D eigenvalue weighted by molar-refractivity contribution is 7.90. The first-order valence-corrected chi connectivity index (χ1v) is 9.19. The van der Waals surface area contributed by atoms with Crippen LogP contribution in [0.1, 0.15) is 10.4 Å². The van der Waals surface area contributed by atoms with E-state index in [9.17, 15) is 18.0 Å². The Labute approximate surface area is 145 Å². The summed E-state index contributed by atoms with van der Waals surface area (Å²) in [7, 11) is -1.96. The second-order valence-corrected chi connectivity index (χ2v) is 7.33. The van der Waals surface area contributed by atoms with Crippen LogP contribution in [-0.2, 0) is 19.4 Å². The Bertz CT molecular complexity index is 876. The number of sulfone groups is 1. The minimum atomic E-state index is -3.38. The van der Waals surface area contributed by atoms with Gasteiger partial charge in [0, 0.05) is 30.3 Å². The van der Waals surface area contributed by atoms with Gasteiger partial charge in [0.2, 0.25) is 5.91 Å². The Morgan fingerprint density at radius 1 is 1.00 bits per heavy atom. The number of rotatable bonds is 6. The van der Waals surface area contributed by atoms with Crippen LogP contribution in [0.4, 0.5) is 11.4 Å². The number of nitrogens with one attached hydrogen (secondary N) is 2. The molecule has 2 amide bonds. The molecule has 0 aliphatic heterocycles. The number of carbonyl (C=O) groups excluding carboxylic acids is 2. The minimum absolute atomic E-state index is 0.0465. The van der Waals surface area contributed by atoms with Crippen molar-refractivity contribution in [2.75, 3.05) is 30.6 Å². The zero-order valence-corrected chi connectivity index (χ0v) is 14.6. The second-order valence-electron chi connectivity index (χ2n) is 5.31. The third-order valence-corrected chi connectivity index (χ3v) is 4.34. The third-order valence-electron chi connectivity index (χ3n) is 3.23. The predicted molar refractivity (Wildman–Crippen MR) is 94.5 cm³/mol. The summed E-state index contributed by atoms with van der Waals surface area (Å²) in [6.07, 6.45) is 1.08. The molecule has 2 aromatic rings. The minimum Gasteiger partial charge on any atom is -0.375 e. The molecule has 0 saturated carbocycles. The van der Waals surface area contributed by atoms with Crippen LogP contribution in [0.3, 0.4) is 0 Å². The van der Waals surface area contributed by atoms with E-state index in [2.05, 4.69) is 10.6 Å². The third kappa shape index (κ3) is 5.40. The summed E-state index contributed by atoms with van der Waals surface area (Å²) < 4.78 is 27.8. The SMILES string of the molecule is COCC(=O)Nc1ccc(NC(=O)c2cccc(S(C)(=O)=O)c2)cc1. The van der Waals surface area contributed by atoms with Crippen molar-refractivity contribution in [3.63, 3.8) is 0 Å². The van der Waals surface area contributed by atoms with Gasteiger partial charge in [-0.05, 0) is 42.5 Å². The van der Waals surface area contributed by atoms with Crippen molar-refractivity contribution >= 4 is 33.0 Å². The van der Waals surface area contributed by atoms with E-state index in [0.29, 0.717) is 11.4 Å². The van der Waals surface area contributed by atoms with Crippen LogP contribution in [0.5, 0.6) is 0 Å². The molecule has 0 radical (unpaired) electrons. The molecule has 0 atom stereocenters. The molecule has 2 N–H and O–H groups in total. The maximum atomic E-state index is 12.2. The summed E-state index contributed by atoms with van der Waals surface area (Å²) in [5, 5.41) is 5.31. The number of ether oxygens (including phenoxy) is 1. The summed E-state index contributed by atoms with van der Waals surface area (Å²) in [5.41, 5.74) is 1.32. The van der Waals surface area contributed by atoms with Gasteiger partial charge in [-0.15, -0.1) is 0 Å². The van der Waals surface area contributed by atoms with Gasteiger partial charge in [-0.1, -0.05) is 6.07 Å². The van der Waals surface area contributed by atoms with Gasteiger partial charge in [-0.2, -0.15) is 0 Å². The molecule has 0 fully saturated rings. The van der Waals surface area contributed by atoms with Gasteiger partial charge in [0.1, 0.15) is 6.61 Å². The first-order valence-electron chi connectivity index (χ1n) is 7.30. The number of carbonyl (C=O) groups is 2. The average molecular weight is 362 g/mol. The normalized spacial score (nSPS) is 11.0. The fourth-order valence-corrected chi connectivity index (χ4v) is 2.70. The highest BCUT2D eigenvalue weighted by Gasteiger charge is 2.12. The average Bonchev–Trinajstić information content (AvgIpc) is 2.56. The van der Waals surface area contributed by atoms with Gasteiger partial charge in [-0.25, -0.2) is 8.42 Å². The zero-order chi connectivity index (χ0) is 18.4. The van der Waals surface area contributed by atoms with E-state index in [1.165, 1.54) is 31.4 Å². The topological polar surface area (TPSA) is 102 Å². The van der Waals surface area contributed by atoms with Crippen molar-refractivity contribution in [3.8, 4) is 0 Å². The summed E-state index contributed by atoms with van der Waals surface area (Å²) in [4.78, 5) is 23.7. The van der Waals surface area contributed by atoms with E-state index >= 15 is 0 Å². The Kier molecular flexibility index (Phi) is 5.89. The molecule has 8 heteroatoms. The second kappa shape index (κ2) is 7.91. The summed E-state index contributed by atoms with van der Waals surface area (Å²) >= 11 is 0. The Hall–Kier alpha value is -2.71. The van der Waals surface area contributed by atoms with Gasteiger partial charge < -0.3 is 15.4 Å². The van der Waals surface area contributed by atoms with Crippen LogP contribution in [0.2, 0.25) is 0 Å². The molecule has 2 rings (SSSR count). The zero-order valence-electron chi connectivity index (χ0n) is 13.8. The van der Waals surface area contributed by atoms with Crippen LogP contribution in [0.25, 0.3) is 0 Å². The van der Waals surface area contributed by atoms with Crippen LogP contribution in [0, 0.1) is 0 Å². The van der Waals surface area contributed by atoms with Crippen LogP contribution in [-0.4, -0.2) is 40.2 Å². The van der Waals surface area contributed by atoms with Crippen molar-refractivity contribution in [3.05, 3.63) is 54.1 Å². The number of benzene rings is 2. The Morgan fingerprint density at radius 2 is 1.60 bits per heavy atom. The summed E-state index contributed by atoms with van der Waals surface area (Å²) in [5.74, 6) is -0.710. The molecule has 132 valence electrons. The van der Waals surface area contributed by atoms with Gasteiger partial charge in [-0.3, -0.25) is 9.59 Å². The molecule has 0 aliphatic carbocycles. The maximum Gasteiger partial charge on any atom is 0.255 e. The van der Waals surface area contributed by atoms with Gasteiger partial charge in [0.25, 0.3) is 5.91 Å². The molecule has 0 spiro atoms. The Morgan fingerprint density at radius 3 is 2.16 bits per heavy atom. The van der Waals surface area contributed by atoms with Crippen molar-refractivity contribution in [2.24, 2.45) is 0 Å². The number of hydrogen-bond acceptors (Lipinski definition) is 5. The highest BCUT2D eigenvalue weighted by atomic mass is 32.2. The number of hydrogen-bond donors (Lipinski definition) is 2. The lowest BCUT2D eigenvalue weighted by Crippen LogP contribution is -2.17. The number of anilines is 2. The molecular formula is C17H18N2O5S. The lowest BCUT2D eigenvalue weighted by atomic mass is 10.2. The molecule has 0 aliphatic rings. The van der Waals surface area contributed by atoms with E-state index in [1.54, 1.807) is 24.3 Å². The van der Waals surface area contributed by atoms with Crippen molar-refractivity contribution in [1.29, 1.82) is 0 Å². The molecule has 0 aromatic heterocycles. The highest BCUT2D eigenvalue weighted by Crippen LogP contribution is 2.16. The fraction of sp³-hybridized carbons (Fsp3) is 0.176. The van der Waals surface area contributed by atoms with Crippen molar-refractivity contribution < 1.29 is 22.7 Å². The van der Waals surface area contributed by atoms with E-state index in [0.717, 1.165) is 6.26 Å². The van der Waals surface area contributed by atoms with Gasteiger partial charge >= 0.3 is 0 Å². The van der Waals surface area contributed by atoms with E-state index in [4.69, 9.17) is 4.74 Å². The summed E-state index contributed by atoms with van der Waals surface area (Å²) in [6.45, 7) is -0.0465. The molecule has 0 bridgehead atoms. The van der Waals surface area contributed by atoms with Crippen LogP contribution >= 0.6 is 0 Å². The fourth-order valence-electron chi connectivity index (χ4n) is 2.04. The van der Waals surface area contributed by atoms with Gasteiger partial charge in [0.05, 0.1) is 4.90 Å². The summed E-state index contributed by atoms with van der Waals surface area (Å²) in [6, 6.07) is 12.3. The smallest absolute Gasteiger partial charge is 0.255 e. The monoisotopic (exact) mass is 362 g/mol. The number of methoxy groups -OCH3 is 1. The molecular weight excluding hydrogens is 344 g/mol. The van der Waals surface area contributed by atoms with Crippen LogP contribution in [0.15, 0.2) is 53.4 Å². The van der Waals surface area contributed by atoms with E-state index < -0.39 is 15.7 Å². The predicted octanol–water partition coefficient (Wildman–Crippen LogP) is 1.93. The quantitative estimate of drug-likeness (QED) is 0.817. The molecule has 25 heavy (non-hydrogen) atoms. The molecule has 0 heterocycles. The van der Waals surface area contributed by atoms with Gasteiger partial charge in [0.15, 0.2) is 9.84 Å². The maximum absolute atomic E-state index is 12.2.